The quantitative estimate of drug-likeness (QED) is 0.540. The minimum atomic E-state index is -3.38. The van der Waals surface area contributed by atoms with E-state index in [1.807, 2.05) is 49.0 Å². The van der Waals surface area contributed by atoms with E-state index < -0.39 is 9.84 Å². The first-order valence-electron chi connectivity index (χ1n) is 9.71. The summed E-state index contributed by atoms with van der Waals surface area (Å²) in [7, 11) is -1.35. The number of hydrogen-bond acceptors (Lipinski definition) is 5. The summed E-state index contributed by atoms with van der Waals surface area (Å²) >= 11 is 0. The number of pyridine rings is 1. The van der Waals surface area contributed by atoms with E-state index in [-0.39, 0.29) is 5.16 Å². The van der Waals surface area contributed by atoms with Crippen LogP contribution in [0.5, 0.6) is 0 Å². The third-order valence-electron chi connectivity index (χ3n) is 4.93. The van der Waals surface area contributed by atoms with E-state index in [0.717, 1.165) is 30.6 Å². The molecule has 29 heavy (non-hydrogen) atoms. The van der Waals surface area contributed by atoms with E-state index in [4.69, 9.17) is 0 Å². The molecule has 6 nitrogen and oxygen atoms in total. The standard InChI is InChI=1S/C22H28N4O2S/c1-18-14-23-12-11-20(18)16-25(2)17-21-15-24-22(29(3,27)28)26(21)13-7-10-19-8-5-4-6-9-19/h4-6,8-9,11-12,14-15H,7,10,13,16-17H2,1-3H3. The summed E-state index contributed by atoms with van der Waals surface area (Å²) in [6.45, 7) is 4.05. The second kappa shape index (κ2) is 9.33. The molecule has 0 aliphatic rings. The Kier molecular flexibility index (Phi) is 6.82. The van der Waals surface area contributed by atoms with Crippen molar-refractivity contribution in [2.45, 2.75) is 44.6 Å². The Labute approximate surface area is 173 Å². The fraction of sp³-hybridized carbons (Fsp3) is 0.364. The van der Waals surface area contributed by atoms with Crippen molar-refractivity contribution in [2.24, 2.45) is 0 Å². The van der Waals surface area contributed by atoms with Crippen LogP contribution in [0, 0.1) is 6.92 Å². The minimum Gasteiger partial charge on any atom is -0.318 e. The highest BCUT2D eigenvalue weighted by atomic mass is 32.2. The molecule has 0 radical (unpaired) electrons. The van der Waals surface area contributed by atoms with E-state index in [1.165, 1.54) is 17.4 Å². The fourth-order valence-corrected chi connectivity index (χ4v) is 4.30. The molecule has 0 unspecified atom stereocenters. The maximum absolute atomic E-state index is 12.2. The van der Waals surface area contributed by atoms with Crippen molar-refractivity contribution in [3.63, 3.8) is 0 Å². The lowest BCUT2D eigenvalue weighted by Gasteiger charge is -2.19. The first-order valence-corrected chi connectivity index (χ1v) is 11.6. The lowest BCUT2D eigenvalue weighted by atomic mass is 10.1. The average Bonchev–Trinajstić information content (AvgIpc) is 3.07. The Balaban J connectivity index is 1.74. The van der Waals surface area contributed by atoms with Gasteiger partial charge in [-0.1, -0.05) is 30.3 Å². The van der Waals surface area contributed by atoms with E-state index in [1.54, 1.807) is 12.4 Å². The van der Waals surface area contributed by atoms with E-state index >= 15 is 0 Å². The summed E-state index contributed by atoms with van der Waals surface area (Å²) in [4.78, 5) is 10.5. The van der Waals surface area contributed by atoms with Gasteiger partial charge in [-0.2, -0.15) is 0 Å². The molecule has 7 heteroatoms. The molecule has 2 heterocycles. The highest BCUT2D eigenvalue weighted by Gasteiger charge is 2.19. The zero-order valence-electron chi connectivity index (χ0n) is 17.2. The number of aryl methyl sites for hydroxylation is 2. The van der Waals surface area contributed by atoms with Gasteiger partial charge in [-0.05, 0) is 49.6 Å². The second-order valence-corrected chi connectivity index (χ2v) is 9.43. The molecule has 0 aliphatic carbocycles. The average molecular weight is 413 g/mol. The van der Waals surface area contributed by atoms with Crippen LogP contribution in [0.3, 0.4) is 0 Å². The number of aromatic nitrogens is 3. The Morgan fingerprint density at radius 1 is 1.07 bits per heavy atom. The number of rotatable bonds is 9. The van der Waals surface area contributed by atoms with Gasteiger partial charge in [-0.25, -0.2) is 13.4 Å². The Morgan fingerprint density at radius 2 is 1.83 bits per heavy atom. The van der Waals surface area contributed by atoms with Crippen molar-refractivity contribution >= 4 is 9.84 Å². The molecule has 1 aromatic carbocycles. The molecule has 3 aromatic rings. The van der Waals surface area contributed by atoms with Crippen molar-refractivity contribution < 1.29 is 8.42 Å². The molecule has 2 aromatic heterocycles. The van der Waals surface area contributed by atoms with E-state index in [2.05, 4.69) is 27.0 Å². The van der Waals surface area contributed by atoms with Gasteiger partial charge in [0.05, 0.1) is 11.9 Å². The zero-order valence-corrected chi connectivity index (χ0v) is 18.1. The Bertz CT molecular complexity index is 1050. The molecule has 0 fully saturated rings. The molecule has 0 amide bonds. The van der Waals surface area contributed by atoms with Crippen LogP contribution in [0.2, 0.25) is 0 Å². The first kappa shape index (κ1) is 21.2. The van der Waals surface area contributed by atoms with Crippen LogP contribution >= 0.6 is 0 Å². The van der Waals surface area contributed by atoms with Gasteiger partial charge >= 0.3 is 0 Å². The van der Waals surface area contributed by atoms with Crippen LogP contribution < -0.4 is 0 Å². The minimum absolute atomic E-state index is 0.147. The van der Waals surface area contributed by atoms with Crippen LogP contribution in [-0.4, -0.2) is 41.2 Å². The molecule has 0 spiro atoms. The third-order valence-corrected chi connectivity index (χ3v) is 5.92. The summed E-state index contributed by atoms with van der Waals surface area (Å²) in [5, 5.41) is 0.147. The highest BCUT2D eigenvalue weighted by Crippen LogP contribution is 2.17. The number of benzene rings is 1. The topological polar surface area (TPSA) is 68.1 Å². The number of imidazole rings is 1. The van der Waals surface area contributed by atoms with Crippen molar-refractivity contribution in [2.75, 3.05) is 13.3 Å². The van der Waals surface area contributed by atoms with Crippen molar-refractivity contribution in [3.05, 3.63) is 77.4 Å². The molecule has 0 aliphatic heterocycles. The molecular weight excluding hydrogens is 384 g/mol. The van der Waals surface area contributed by atoms with Gasteiger partial charge in [0, 0.05) is 38.3 Å². The molecule has 154 valence electrons. The van der Waals surface area contributed by atoms with Gasteiger partial charge in [0.2, 0.25) is 15.0 Å². The van der Waals surface area contributed by atoms with Gasteiger partial charge in [-0.3, -0.25) is 9.88 Å². The third kappa shape index (κ3) is 5.74. The van der Waals surface area contributed by atoms with E-state index in [9.17, 15) is 8.42 Å². The zero-order chi connectivity index (χ0) is 20.9. The van der Waals surface area contributed by atoms with Gasteiger partial charge in [0.25, 0.3) is 0 Å². The summed E-state index contributed by atoms with van der Waals surface area (Å²) in [5.41, 5.74) is 4.52. The van der Waals surface area contributed by atoms with Crippen molar-refractivity contribution in [1.82, 2.24) is 19.4 Å². The van der Waals surface area contributed by atoms with E-state index in [0.29, 0.717) is 13.1 Å². The number of hydrogen-bond donors (Lipinski definition) is 0. The largest absolute Gasteiger partial charge is 0.318 e. The lowest BCUT2D eigenvalue weighted by Crippen LogP contribution is -2.21. The summed E-state index contributed by atoms with van der Waals surface area (Å²) in [6.07, 6.45) is 8.31. The number of nitrogens with zero attached hydrogens (tertiary/aromatic N) is 4. The summed E-state index contributed by atoms with van der Waals surface area (Å²) in [6, 6.07) is 12.3. The molecular formula is C22H28N4O2S. The second-order valence-electron chi connectivity index (χ2n) is 7.52. The number of sulfone groups is 1. The van der Waals surface area contributed by atoms with Crippen LogP contribution in [0.15, 0.2) is 60.1 Å². The Morgan fingerprint density at radius 3 is 2.52 bits per heavy atom. The monoisotopic (exact) mass is 412 g/mol. The predicted octanol–water partition coefficient (Wildman–Crippen LogP) is 3.25. The van der Waals surface area contributed by atoms with Crippen LogP contribution in [0.25, 0.3) is 0 Å². The van der Waals surface area contributed by atoms with Crippen molar-refractivity contribution in [1.29, 1.82) is 0 Å². The maximum atomic E-state index is 12.2. The Hall–Kier alpha value is -2.51. The lowest BCUT2D eigenvalue weighted by molar-refractivity contribution is 0.306. The molecule has 0 saturated heterocycles. The van der Waals surface area contributed by atoms with Crippen LogP contribution in [-0.2, 0) is 35.9 Å². The maximum Gasteiger partial charge on any atom is 0.227 e. The molecule has 0 atom stereocenters. The summed E-state index contributed by atoms with van der Waals surface area (Å²) in [5.74, 6) is 0. The molecule has 0 saturated carbocycles. The molecule has 0 N–H and O–H groups in total. The van der Waals surface area contributed by atoms with Gasteiger partial charge in [0.1, 0.15) is 0 Å². The van der Waals surface area contributed by atoms with Crippen LogP contribution in [0.1, 0.15) is 28.8 Å². The van der Waals surface area contributed by atoms with Gasteiger partial charge in [-0.15, -0.1) is 0 Å². The SMILES string of the molecule is Cc1cnccc1CN(C)Cc1cnc(S(C)(=O)=O)n1CCCc1ccccc1. The molecule has 0 bridgehead atoms. The molecule has 3 rings (SSSR count). The first-order chi connectivity index (χ1) is 13.8. The normalized spacial score (nSPS) is 11.9. The van der Waals surface area contributed by atoms with Gasteiger partial charge < -0.3 is 4.57 Å². The summed E-state index contributed by atoms with van der Waals surface area (Å²) < 4.78 is 26.3. The predicted molar refractivity (Wildman–Crippen MR) is 114 cm³/mol. The smallest absolute Gasteiger partial charge is 0.227 e. The van der Waals surface area contributed by atoms with Crippen molar-refractivity contribution in [3.8, 4) is 0 Å². The fourth-order valence-electron chi connectivity index (χ4n) is 3.44. The highest BCUT2D eigenvalue weighted by molar-refractivity contribution is 7.90. The van der Waals surface area contributed by atoms with Gasteiger partial charge in [0.15, 0.2) is 0 Å². The van der Waals surface area contributed by atoms with Crippen LogP contribution in [0.4, 0.5) is 0 Å².